The van der Waals surface area contributed by atoms with Crippen LogP contribution in [0.4, 0.5) is 4.39 Å². The van der Waals surface area contributed by atoms with Crippen LogP contribution < -0.4 is 0 Å². The lowest BCUT2D eigenvalue weighted by Gasteiger charge is -2.10. The molecule has 2 rings (SSSR count). The summed E-state index contributed by atoms with van der Waals surface area (Å²) in [4.78, 5) is 11.1. The number of hydrogen-bond acceptors (Lipinski definition) is 4. The molecule has 0 aliphatic heterocycles. The van der Waals surface area contributed by atoms with Gasteiger partial charge >= 0.3 is 5.97 Å². The molecule has 1 aliphatic carbocycles. The Morgan fingerprint density at radius 2 is 2.00 bits per heavy atom. The van der Waals surface area contributed by atoms with Crippen molar-refractivity contribution >= 4 is 25.7 Å². The van der Waals surface area contributed by atoms with E-state index >= 15 is 0 Å². The second-order valence-electron chi connectivity index (χ2n) is 4.83. The molecule has 0 bridgehead atoms. The van der Waals surface area contributed by atoms with E-state index in [0.29, 0.717) is 12.5 Å². The van der Waals surface area contributed by atoms with Crippen LogP contribution in [0, 0.1) is 11.7 Å². The fourth-order valence-electron chi connectivity index (χ4n) is 2.27. The molecule has 20 heavy (non-hydrogen) atoms. The standard InChI is InChI=1S/C13H14ClFO4S/c14-20(17,18)12-7-10(5-6-11(12)15)13(16)19-8-9-3-1-2-4-9/h5-7,9H,1-4,8H2. The molecule has 1 aromatic rings. The number of halogens is 2. The second kappa shape index (κ2) is 6.10. The van der Waals surface area contributed by atoms with Crippen molar-refractivity contribution in [1.29, 1.82) is 0 Å². The SMILES string of the molecule is O=C(OCC1CCCC1)c1ccc(F)c(S(=O)(=O)Cl)c1. The van der Waals surface area contributed by atoms with Crippen LogP contribution in [0.15, 0.2) is 23.1 Å². The Balaban J connectivity index is 2.10. The van der Waals surface area contributed by atoms with Crippen molar-refractivity contribution in [2.24, 2.45) is 5.92 Å². The molecular weight excluding hydrogens is 307 g/mol. The number of benzene rings is 1. The van der Waals surface area contributed by atoms with Gasteiger partial charge in [0.05, 0.1) is 12.2 Å². The largest absolute Gasteiger partial charge is 0.462 e. The van der Waals surface area contributed by atoms with Gasteiger partial charge in [-0.2, -0.15) is 0 Å². The van der Waals surface area contributed by atoms with Crippen molar-refractivity contribution in [3.8, 4) is 0 Å². The molecule has 1 fully saturated rings. The minimum Gasteiger partial charge on any atom is -0.462 e. The van der Waals surface area contributed by atoms with Crippen molar-refractivity contribution in [2.75, 3.05) is 6.61 Å². The Morgan fingerprint density at radius 1 is 1.35 bits per heavy atom. The van der Waals surface area contributed by atoms with E-state index < -0.39 is 25.7 Å². The lowest BCUT2D eigenvalue weighted by Crippen LogP contribution is -2.12. The summed E-state index contributed by atoms with van der Waals surface area (Å²) in [5.41, 5.74) is -0.0244. The average molecular weight is 321 g/mol. The lowest BCUT2D eigenvalue weighted by molar-refractivity contribution is 0.0442. The Morgan fingerprint density at radius 3 is 2.60 bits per heavy atom. The maximum Gasteiger partial charge on any atom is 0.338 e. The summed E-state index contributed by atoms with van der Waals surface area (Å²) >= 11 is 0. The molecule has 0 spiro atoms. The topological polar surface area (TPSA) is 60.4 Å². The molecule has 1 aliphatic rings. The molecule has 1 aromatic carbocycles. The first-order valence-corrected chi connectivity index (χ1v) is 8.60. The first-order chi connectivity index (χ1) is 9.38. The number of ether oxygens (including phenoxy) is 1. The zero-order valence-corrected chi connectivity index (χ0v) is 12.2. The summed E-state index contributed by atoms with van der Waals surface area (Å²) in [6.07, 6.45) is 4.32. The van der Waals surface area contributed by atoms with E-state index in [1.165, 1.54) is 6.07 Å². The van der Waals surface area contributed by atoms with Crippen molar-refractivity contribution in [3.05, 3.63) is 29.6 Å². The summed E-state index contributed by atoms with van der Waals surface area (Å²) in [7, 11) is 0.871. The fourth-order valence-corrected chi connectivity index (χ4v) is 3.19. The van der Waals surface area contributed by atoms with E-state index in [1.54, 1.807) is 0 Å². The molecule has 0 N–H and O–H groups in total. The van der Waals surface area contributed by atoms with Gasteiger partial charge in [-0.05, 0) is 37.0 Å². The van der Waals surface area contributed by atoms with Gasteiger partial charge in [0.25, 0.3) is 9.05 Å². The molecule has 0 aromatic heterocycles. The summed E-state index contributed by atoms with van der Waals surface area (Å²) in [5.74, 6) is -1.30. The van der Waals surface area contributed by atoms with Crippen LogP contribution in [0.2, 0.25) is 0 Å². The van der Waals surface area contributed by atoms with Crippen LogP contribution in [0.3, 0.4) is 0 Å². The maximum absolute atomic E-state index is 13.3. The molecular formula is C13H14ClFO4S. The average Bonchev–Trinajstić information content (AvgIpc) is 2.88. The van der Waals surface area contributed by atoms with Gasteiger partial charge in [-0.15, -0.1) is 0 Å². The quantitative estimate of drug-likeness (QED) is 0.632. The lowest BCUT2D eigenvalue weighted by atomic mass is 10.1. The number of carbonyl (C=O) groups is 1. The van der Waals surface area contributed by atoms with E-state index in [0.717, 1.165) is 37.8 Å². The number of carbonyl (C=O) groups excluding carboxylic acids is 1. The molecule has 0 atom stereocenters. The molecule has 0 heterocycles. The highest BCUT2D eigenvalue weighted by molar-refractivity contribution is 8.13. The number of rotatable bonds is 4. The van der Waals surface area contributed by atoms with Gasteiger partial charge in [0.15, 0.2) is 0 Å². The van der Waals surface area contributed by atoms with Crippen molar-refractivity contribution in [3.63, 3.8) is 0 Å². The van der Waals surface area contributed by atoms with Crippen LogP contribution >= 0.6 is 10.7 Å². The Labute approximate surface area is 121 Å². The predicted molar refractivity (Wildman–Crippen MR) is 71.7 cm³/mol. The monoisotopic (exact) mass is 320 g/mol. The van der Waals surface area contributed by atoms with E-state index in [4.69, 9.17) is 15.4 Å². The van der Waals surface area contributed by atoms with Gasteiger partial charge in [-0.3, -0.25) is 0 Å². The Hall–Kier alpha value is -1.14. The molecule has 110 valence electrons. The molecule has 0 unspecified atom stereocenters. The molecule has 0 radical (unpaired) electrons. The molecule has 7 heteroatoms. The van der Waals surface area contributed by atoms with Gasteiger partial charge in [-0.1, -0.05) is 12.8 Å². The summed E-state index contributed by atoms with van der Waals surface area (Å²) in [5, 5.41) is 0. The third-order valence-electron chi connectivity index (χ3n) is 3.35. The minimum absolute atomic E-state index is 0.0244. The minimum atomic E-state index is -4.23. The van der Waals surface area contributed by atoms with Gasteiger partial charge in [0.2, 0.25) is 0 Å². The highest BCUT2D eigenvalue weighted by Gasteiger charge is 2.21. The van der Waals surface area contributed by atoms with Crippen LogP contribution in [0.1, 0.15) is 36.0 Å². The van der Waals surface area contributed by atoms with E-state index in [9.17, 15) is 17.6 Å². The zero-order valence-electron chi connectivity index (χ0n) is 10.6. The van der Waals surface area contributed by atoms with Gasteiger partial charge in [0.1, 0.15) is 10.7 Å². The summed E-state index contributed by atoms with van der Waals surface area (Å²) in [6.45, 7) is 0.305. The first-order valence-electron chi connectivity index (χ1n) is 6.29. The van der Waals surface area contributed by atoms with Crippen LogP contribution in [-0.2, 0) is 13.8 Å². The van der Waals surface area contributed by atoms with Crippen molar-refractivity contribution in [1.82, 2.24) is 0 Å². The van der Waals surface area contributed by atoms with Crippen LogP contribution in [-0.4, -0.2) is 21.0 Å². The predicted octanol–water partition coefficient (Wildman–Crippen LogP) is 3.10. The van der Waals surface area contributed by atoms with E-state index in [-0.39, 0.29) is 5.56 Å². The van der Waals surface area contributed by atoms with Crippen molar-refractivity contribution in [2.45, 2.75) is 30.6 Å². The van der Waals surface area contributed by atoms with Gasteiger partial charge in [-0.25, -0.2) is 17.6 Å². The maximum atomic E-state index is 13.3. The molecule has 1 saturated carbocycles. The summed E-state index contributed by atoms with van der Waals surface area (Å²) in [6, 6.07) is 2.97. The number of esters is 1. The smallest absolute Gasteiger partial charge is 0.338 e. The second-order valence-corrected chi connectivity index (χ2v) is 7.37. The third-order valence-corrected chi connectivity index (χ3v) is 4.69. The van der Waals surface area contributed by atoms with Gasteiger partial charge < -0.3 is 4.74 Å². The zero-order chi connectivity index (χ0) is 14.8. The number of hydrogen-bond donors (Lipinski definition) is 0. The fraction of sp³-hybridized carbons (Fsp3) is 0.462. The van der Waals surface area contributed by atoms with E-state index in [1.807, 2.05) is 0 Å². The van der Waals surface area contributed by atoms with Gasteiger partial charge in [0, 0.05) is 10.7 Å². The Kier molecular flexibility index (Phi) is 4.65. The molecule has 4 nitrogen and oxygen atoms in total. The third kappa shape index (κ3) is 3.70. The Bertz CT molecular complexity index is 609. The van der Waals surface area contributed by atoms with Crippen molar-refractivity contribution < 1.29 is 22.3 Å². The summed E-state index contributed by atoms with van der Waals surface area (Å²) < 4.78 is 40.8. The van der Waals surface area contributed by atoms with Crippen LogP contribution in [0.5, 0.6) is 0 Å². The highest BCUT2D eigenvalue weighted by Crippen LogP contribution is 2.25. The molecule has 0 saturated heterocycles. The van der Waals surface area contributed by atoms with Crippen LogP contribution in [0.25, 0.3) is 0 Å². The highest BCUT2D eigenvalue weighted by atomic mass is 35.7. The first kappa shape index (κ1) is 15.3. The van der Waals surface area contributed by atoms with E-state index in [2.05, 4.69) is 0 Å². The molecule has 0 amide bonds. The normalized spacial score (nSPS) is 16.3.